The van der Waals surface area contributed by atoms with E-state index in [9.17, 15) is 0 Å². The number of hydrogen-bond acceptors (Lipinski definition) is 2. The van der Waals surface area contributed by atoms with E-state index in [0.717, 1.165) is 55.5 Å². The molecule has 1 aliphatic rings. The van der Waals surface area contributed by atoms with Crippen LogP contribution in [0.1, 0.15) is 22.3 Å². The second-order valence-electron chi connectivity index (χ2n) is 18.3. The van der Waals surface area contributed by atoms with E-state index in [0.29, 0.717) is 0 Å². The molecule has 0 saturated heterocycles. The van der Waals surface area contributed by atoms with Crippen LogP contribution in [0.3, 0.4) is 0 Å². The van der Waals surface area contributed by atoms with Crippen LogP contribution in [-0.4, -0.2) is 0 Å². The third-order valence-corrected chi connectivity index (χ3v) is 14.7. The summed E-state index contributed by atoms with van der Waals surface area (Å²) >= 11 is 0. The van der Waals surface area contributed by atoms with Crippen LogP contribution in [0.25, 0.3) is 87.6 Å². The topological polar surface area (TPSA) is 16.4 Å². The van der Waals surface area contributed by atoms with Gasteiger partial charge in [0.1, 0.15) is 11.2 Å². The zero-order valence-corrected chi connectivity index (χ0v) is 37.7. The third kappa shape index (κ3) is 5.92. The summed E-state index contributed by atoms with van der Waals surface area (Å²) in [7, 11) is 0. The van der Waals surface area contributed by atoms with E-state index in [1.165, 1.54) is 71.4 Å². The Morgan fingerprint density at radius 3 is 1.55 bits per heavy atom. The van der Waals surface area contributed by atoms with Crippen molar-refractivity contribution in [1.29, 1.82) is 0 Å². The van der Waals surface area contributed by atoms with Crippen LogP contribution in [0.15, 0.2) is 265 Å². The molecule has 69 heavy (non-hydrogen) atoms. The van der Waals surface area contributed by atoms with Gasteiger partial charge in [0, 0.05) is 38.7 Å². The van der Waals surface area contributed by atoms with Crippen molar-refractivity contribution in [2.45, 2.75) is 5.41 Å². The second-order valence-corrected chi connectivity index (χ2v) is 18.3. The molecule has 12 aromatic carbocycles. The van der Waals surface area contributed by atoms with E-state index >= 15 is 0 Å². The maximum absolute atomic E-state index is 6.83. The fourth-order valence-corrected chi connectivity index (χ4v) is 11.7. The van der Waals surface area contributed by atoms with Crippen LogP contribution in [0.2, 0.25) is 0 Å². The van der Waals surface area contributed by atoms with E-state index in [1.807, 2.05) is 0 Å². The van der Waals surface area contributed by atoms with Gasteiger partial charge < -0.3 is 9.32 Å². The van der Waals surface area contributed by atoms with Crippen LogP contribution < -0.4 is 4.90 Å². The van der Waals surface area contributed by atoms with Gasteiger partial charge in [-0.2, -0.15) is 0 Å². The van der Waals surface area contributed by atoms with Crippen LogP contribution in [0.4, 0.5) is 17.1 Å². The van der Waals surface area contributed by atoms with Crippen molar-refractivity contribution in [3.63, 3.8) is 0 Å². The summed E-state index contributed by atoms with van der Waals surface area (Å²) in [6, 6.07) is 95.6. The largest absolute Gasteiger partial charge is 0.455 e. The van der Waals surface area contributed by atoms with Crippen molar-refractivity contribution in [1.82, 2.24) is 0 Å². The lowest BCUT2D eigenvalue weighted by atomic mass is 9.68. The molecule has 13 aromatic rings. The van der Waals surface area contributed by atoms with Gasteiger partial charge in [0.15, 0.2) is 0 Å². The van der Waals surface area contributed by atoms with Crippen molar-refractivity contribution < 1.29 is 4.42 Å². The highest BCUT2D eigenvalue weighted by molar-refractivity contribution is 6.17. The van der Waals surface area contributed by atoms with Crippen molar-refractivity contribution >= 4 is 71.3 Å². The molecule has 0 amide bonds. The molecular weight excluding hydrogens is 835 g/mol. The number of anilines is 3. The number of nitrogens with zero attached hydrogens (tertiary/aromatic N) is 1. The Kier molecular flexibility index (Phi) is 8.84. The Hall–Kier alpha value is -8.98. The molecule has 14 rings (SSSR count). The van der Waals surface area contributed by atoms with Gasteiger partial charge >= 0.3 is 0 Å². The Balaban J connectivity index is 0.973. The van der Waals surface area contributed by atoms with Gasteiger partial charge in [-0.15, -0.1) is 0 Å². The average molecular weight is 878 g/mol. The highest BCUT2D eigenvalue weighted by Gasteiger charge is 2.47. The molecule has 1 aromatic heterocycles. The van der Waals surface area contributed by atoms with E-state index < -0.39 is 5.41 Å². The lowest BCUT2D eigenvalue weighted by Gasteiger charge is -2.34. The maximum atomic E-state index is 6.83. The molecule has 0 fully saturated rings. The minimum Gasteiger partial charge on any atom is -0.455 e. The second kappa shape index (κ2) is 15.6. The minimum atomic E-state index is -0.530. The zero-order chi connectivity index (χ0) is 45.5. The first-order valence-corrected chi connectivity index (χ1v) is 23.8. The fraction of sp³-hybridized carbons (Fsp3) is 0.0149. The first kappa shape index (κ1) is 39.2. The summed E-state index contributed by atoms with van der Waals surface area (Å²) in [6.07, 6.45) is 0. The lowest BCUT2D eigenvalue weighted by molar-refractivity contribution is 0.674. The molecule has 0 saturated carbocycles. The molecule has 2 heteroatoms. The first-order valence-electron chi connectivity index (χ1n) is 23.8. The van der Waals surface area contributed by atoms with Gasteiger partial charge in [0.25, 0.3) is 0 Å². The van der Waals surface area contributed by atoms with Crippen molar-refractivity contribution in [3.8, 4) is 33.4 Å². The predicted octanol–water partition coefficient (Wildman–Crippen LogP) is 18.2. The minimum absolute atomic E-state index is 0.530. The summed E-state index contributed by atoms with van der Waals surface area (Å²) in [6.45, 7) is 0. The normalized spacial score (nSPS) is 12.8. The van der Waals surface area contributed by atoms with Crippen LogP contribution in [0.5, 0.6) is 0 Å². The summed E-state index contributed by atoms with van der Waals surface area (Å²) in [4.78, 5) is 2.46. The molecule has 0 bridgehead atoms. The quantitative estimate of drug-likeness (QED) is 0.148. The molecule has 0 unspecified atom stereocenters. The molecule has 0 atom stereocenters. The highest BCUT2D eigenvalue weighted by Crippen LogP contribution is 2.59. The number of rotatable bonds is 7. The van der Waals surface area contributed by atoms with Gasteiger partial charge in [-0.3, -0.25) is 0 Å². The number of fused-ring (bicyclic) bond motifs is 11. The van der Waals surface area contributed by atoms with Gasteiger partial charge in [-0.25, -0.2) is 0 Å². The molecule has 322 valence electrons. The van der Waals surface area contributed by atoms with Crippen molar-refractivity contribution in [2.75, 3.05) is 4.90 Å². The zero-order valence-electron chi connectivity index (χ0n) is 37.7. The van der Waals surface area contributed by atoms with Crippen LogP contribution in [0, 0.1) is 0 Å². The van der Waals surface area contributed by atoms with E-state index in [2.05, 4.69) is 266 Å². The molecule has 0 aliphatic heterocycles. The smallest absolute Gasteiger partial charge is 0.143 e. The third-order valence-electron chi connectivity index (χ3n) is 14.7. The SMILES string of the molecule is c1ccc(C2(c3ccccc3)c3ccccc3-c3c(N(c4ccc(-c5cc6ccccc6c6ccccc56)cc4)c4ccc(-c5cccc6c5oc5c7ccccc7ccc65)cc4)cccc32)cc1. The Morgan fingerprint density at radius 1 is 0.304 bits per heavy atom. The van der Waals surface area contributed by atoms with E-state index in [1.54, 1.807) is 0 Å². The number of furan rings is 1. The summed E-state index contributed by atoms with van der Waals surface area (Å²) in [5, 5.41) is 9.58. The van der Waals surface area contributed by atoms with Gasteiger partial charge in [0.2, 0.25) is 0 Å². The maximum Gasteiger partial charge on any atom is 0.143 e. The summed E-state index contributed by atoms with van der Waals surface area (Å²) < 4.78 is 6.83. The predicted molar refractivity (Wildman–Crippen MR) is 289 cm³/mol. The monoisotopic (exact) mass is 877 g/mol. The van der Waals surface area contributed by atoms with Crippen molar-refractivity contribution in [2.24, 2.45) is 0 Å². The van der Waals surface area contributed by atoms with E-state index in [-0.39, 0.29) is 0 Å². The molecule has 1 heterocycles. The Labute approximate surface area is 400 Å². The molecule has 1 aliphatic carbocycles. The fourth-order valence-electron chi connectivity index (χ4n) is 11.7. The molecule has 0 spiro atoms. The Morgan fingerprint density at radius 2 is 0.826 bits per heavy atom. The molecular formula is C67H43NO. The number of para-hydroxylation sites is 1. The molecule has 0 radical (unpaired) electrons. The van der Waals surface area contributed by atoms with Gasteiger partial charge in [0.05, 0.1) is 11.1 Å². The Bertz CT molecular complexity index is 4070. The number of benzene rings is 12. The van der Waals surface area contributed by atoms with Gasteiger partial charge in [-0.1, -0.05) is 218 Å². The van der Waals surface area contributed by atoms with Gasteiger partial charge in [-0.05, 0) is 114 Å². The van der Waals surface area contributed by atoms with Crippen LogP contribution >= 0.6 is 0 Å². The average Bonchev–Trinajstić information content (AvgIpc) is 3.97. The standard InChI is InChI=1S/C67H43NO/c1-3-19-48(20-4-1)67(49-21-5-2-6-22-49)61-30-14-13-27-59(61)64-62(67)31-16-32-63(64)68(51-40-35-46(36-41-51)60-43-47-18-8-9-23-52(47)55-25-11-12-26-56(55)60)50-38-33-45(34-39-50)54-28-15-29-57-58-42-37-44-17-7-10-24-53(44)66(58)69-65(54)57/h1-43H. The first-order chi connectivity index (χ1) is 34.2. The lowest BCUT2D eigenvalue weighted by Crippen LogP contribution is -2.28. The molecule has 0 N–H and O–H groups in total. The van der Waals surface area contributed by atoms with E-state index in [4.69, 9.17) is 4.42 Å². The number of hydrogen-bond donors (Lipinski definition) is 0. The van der Waals surface area contributed by atoms with Crippen molar-refractivity contribution in [3.05, 3.63) is 283 Å². The highest BCUT2D eigenvalue weighted by atomic mass is 16.3. The molecule has 2 nitrogen and oxygen atoms in total. The summed E-state index contributed by atoms with van der Waals surface area (Å²) in [5.41, 5.74) is 16.6. The van der Waals surface area contributed by atoms with Crippen LogP contribution in [-0.2, 0) is 5.41 Å². The summed E-state index contributed by atoms with van der Waals surface area (Å²) in [5.74, 6) is 0.